The van der Waals surface area contributed by atoms with E-state index in [1.807, 2.05) is 0 Å². The van der Waals surface area contributed by atoms with Gasteiger partial charge in [-0.05, 0) is 50.1 Å². The van der Waals surface area contributed by atoms with Crippen molar-refractivity contribution in [3.63, 3.8) is 0 Å². The summed E-state index contributed by atoms with van der Waals surface area (Å²) in [7, 11) is 0. The van der Waals surface area contributed by atoms with E-state index < -0.39 is 5.60 Å². The number of furan rings is 1. The van der Waals surface area contributed by atoms with E-state index in [2.05, 4.69) is 44.3 Å². The van der Waals surface area contributed by atoms with Crippen LogP contribution in [0.1, 0.15) is 42.7 Å². The van der Waals surface area contributed by atoms with E-state index in [0.717, 1.165) is 16.7 Å². The highest BCUT2D eigenvalue weighted by atomic mass is 16.5. The second-order valence-corrected chi connectivity index (χ2v) is 6.56. The van der Waals surface area contributed by atoms with Gasteiger partial charge in [0.15, 0.2) is 0 Å². The minimum Gasteiger partial charge on any atom is -0.459 e. The van der Waals surface area contributed by atoms with E-state index in [9.17, 15) is 5.11 Å². The van der Waals surface area contributed by atoms with Crippen LogP contribution in [0.5, 0.6) is 0 Å². The van der Waals surface area contributed by atoms with E-state index in [4.69, 9.17) is 9.15 Å². The molecule has 3 rings (SSSR count). The Hall–Kier alpha value is -1.36. The summed E-state index contributed by atoms with van der Waals surface area (Å²) in [5, 5.41) is 15.0. The van der Waals surface area contributed by atoms with Gasteiger partial charge in [0.2, 0.25) is 0 Å². The number of fused-ring (bicyclic) bond motifs is 1. The van der Waals surface area contributed by atoms with E-state index in [-0.39, 0.29) is 6.04 Å². The minimum absolute atomic E-state index is 0.0693. The molecular formula is C18H25NO3. The van der Waals surface area contributed by atoms with E-state index in [1.54, 1.807) is 0 Å². The molecular weight excluding hydrogens is 278 g/mol. The first kappa shape index (κ1) is 15.5. The molecule has 2 N–H and O–H groups in total. The number of hydrogen-bond donors (Lipinski definition) is 2. The molecule has 22 heavy (non-hydrogen) atoms. The topological polar surface area (TPSA) is 54.6 Å². The van der Waals surface area contributed by atoms with Crippen molar-refractivity contribution >= 4 is 11.0 Å². The minimum atomic E-state index is -0.661. The molecule has 0 spiro atoms. The zero-order valence-electron chi connectivity index (χ0n) is 13.6. The summed E-state index contributed by atoms with van der Waals surface area (Å²) in [5.74, 6) is 0.913. The Labute approximate surface area is 131 Å². The first-order valence-electron chi connectivity index (χ1n) is 8.01. The highest BCUT2D eigenvalue weighted by Gasteiger charge is 2.30. The van der Waals surface area contributed by atoms with Gasteiger partial charge in [-0.2, -0.15) is 0 Å². The number of hydrogen-bond acceptors (Lipinski definition) is 4. The fourth-order valence-electron chi connectivity index (χ4n) is 2.91. The van der Waals surface area contributed by atoms with Gasteiger partial charge in [0.1, 0.15) is 11.3 Å². The normalized spacial score (nSPS) is 19.5. The Bertz CT molecular complexity index is 617. The molecule has 120 valence electrons. The lowest BCUT2D eigenvalue weighted by molar-refractivity contribution is -0.0628. The molecule has 0 radical (unpaired) electrons. The average Bonchev–Trinajstić information content (AvgIpc) is 2.89. The molecule has 4 nitrogen and oxygen atoms in total. The third-order valence-corrected chi connectivity index (χ3v) is 4.74. The first-order chi connectivity index (χ1) is 10.5. The molecule has 0 saturated carbocycles. The lowest BCUT2D eigenvalue weighted by Crippen LogP contribution is -2.45. The molecule has 1 fully saturated rings. The molecule has 1 saturated heterocycles. The highest BCUT2D eigenvalue weighted by molar-refractivity contribution is 5.79. The molecule has 1 atom stereocenters. The van der Waals surface area contributed by atoms with Crippen molar-refractivity contribution in [3.05, 3.63) is 35.1 Å². The van der Waals surface area contributed by atoms with Gasteiger partial charge in [0.25, 0.3) is 0 Å². The smallest absolute Gasteiger partial charge is 0.134 e. The van der Waals surface area contributed by atoms with Crippen LogP contribution in [0, 0.1) is 13.8 Å². The Balaban J connectivity index is 1.70. The summed E-state index contributed by atoms with van der Waals surface area (Å²) in [5.41, 5.74) is 2.78. The summed E-state index contributed by atoms with van der Waals surface area (Å²) in [4.78, 5) is 0. The molecule has 2 heterocycles. The number of rotatable bonds is 4. The Morgan fingerprint density at radius 3 is 2.59 bits per heavy atom. The van der Waals surface area contributed by atoms with Gasteiger partial charge >= 0.3 is 0 Å². The largest absolute Gasteiger partial charge is 0.459 e. The van der Waals surface area contributed by atoms with Crippen LogP contribution in [0.25, 0.3) is 11.0 Å². The summed E-state index contributed by atoms with van der Waals surface area (Å²) >= 11 is 0. The third kappa shape index (κ3) is 3.19. The Morgan fingerprint density at radius 2 is 1.86 bits per heavy atom. The fourth-order valence-corrected chi connectivity index (χ4v) is 2.91. The SMILES string of the molecule is Cc1cc2cc(C(C)NCC3(O)CCOCC3)oc2cc1C. The average molecular weight is 303 g/mol. The van der Waals surface area contributed by atoms with Gasteiger partial charge in [0, 0.05) is 38.0 Å². The number of ether oxygens (including phenoxy) is 1. The monoisotopic (exact) mass is 303 g/mol. The number of aryl methyl sites for hydroxylation is 2. The molecule has 1 aromatic carbocycles. The van der Waals surface area contributed by atoms with E-state index in [1.165, 1.54) is 11.1 Å². The lowest BCUT2D eigenvalue weighted by Gasteiger charge is -2.33. The predicted molar refractivity (Wildman–Crippen MR) is 87.1 cm³/mol. The van der Waals surface area contributed by atoms with Crippen LogP contribution in [0.2, 0.25) is 0 Å². The molecule has 1 unspecified atom stereocenters. The zero-order valence-corrected chi connectivity index (χ0v) is 13.6. The van der Waals surface area contributed by atoms with Crippen LogP contribution in [0.4, 0.5) is 0 Å². The van der Waals surface area contributed by atoms with Crippen molar-refractivity contribution in [2.24, 2.45) is 0 Å². The predicted octanol–water partition coefficient (Wildman–Crippen LogP) is 3.24. The highest BCUT2D eigenvalue weighted by Crippen LogP contribution is 2.27. The van der Waals surface area contributed by atoms with Gasteiger partial charge < -0.3 is 19.6 Å². The van der Waals surface area contributed by atoms with Crippen molar-refractivity contribution in [1.82, 2.24) is 5.32 Å². The van der Waals surface area contributed by atoms with Crippen LogP contribution in [0.15, 0.2) is 22.6 Å². The van der Waals surface area contributed by atoms with Crippen molar-refractivity contribution in [2.75, 3.05) is 19.8 Å². The fraction of sp³-hybridized carbons (Fsp3) is 0.556. The molecule has 1 aromatic heterocycles. The maximum Gasteiger partial charge on any atom is 0.134 e. The number of nitrogens with one attached hydrogen (secondary N) is 1. The van der Waals surface area contributed by atoms with Gasteiger partial charge in [-0.3, -0.25) is 0 Å². The van der Waals surface area contributed by atoms with Crippen LogP contribution >= 0.6 is 0 Å². The van der Waals surface area contributed by atoms with Gasteiger partial charge in [-0.25, -0.2) is 0 Å². The summed E-state index contributed by atoms with van der Waals surface area (Å²) in [6, 6.07) is 6.41. The van der Waals surface area contributed by atoms with Crippen molar-refractivity contribution in [1.29, 1.82) is 0 Å². The summed E-state index contributed by atoms with van der Waals surface area (Å²) in [6.45, 7) is 8.11. The summed E-state index contributed by atoms with van der Waals surface area (Å²) in [6.07, 6.45) is 1.37. The molecule has 0 amide bonds. The second kappa shape index (κ2) is 6.03. The molecule has 1 aliphatic rings. The zero-order chi connectivity index (χ0) is 15.7. The Morgan fingerprint density at radius 1 is 1.18 bits per heavy atom. The molecule has 0 aliphatic carbocycles. The Kier molecular flexibility index (Phi) is 4.26. The molecule has 2 aromatic rings. The summed E-state index contributed by atoms with van der Waals surface area (Å²) < 4.78 is 11.3. The van der Waals surface area contributed by atoms with E-state index >= 15 is 0 Å². The standard InChI is InChI=1S/C18H25NO3/c1-12-8-15-10-16(22-17(15)9-13(12)2)14(3)19-11-18(20)4-6-21-7-5-18/h8-10,14,19-20H,4-7,11H2,1-3H3. The van der Waals surface area contributed by atoms with Crippen molar-refractivity contribution in [2.45, 2.75) is 45.3 Å². The maximum atomic E-state index is 10.5. The lowest BCUT2D eigenvalue weighted by atomic mass is 9.94. The molecule has 0 bridgehead atoms. The third-order valence-electron chi connectivity index (χ3n) is 4.74. The maximum absolute atomic E-state index is 10.5. The number of aliphatic hydroxyl groups is 1. The number of benzene rings is 1. The quantitative estimate of drug-likeness (QED) is 0.910. The molecule has 1 aliphatic heterocycles. The van der Waals surface area contributed by atoms with E-state index in [0.29, 0.717) is 32.6 Å². The van der Waals surface area contributed by atoms with Crippen LogP contribution in [0.3, 0.4) is 0 Å². The van der Waals surface area contributed by atoms with Crippen LogP contribution in [-0.4, -0.2) is 30.5 Å². The van der Waals surface area contributed by atoms with Gasteiger partial charge in [-0.1, -0.05) is 0 Å². The first-order valence-corrected chi connectivity index (χ1v) is 8.01. The van der Waals surface area contributed by atoms with Gasteiger partial charge in [0.05, 0.1) is 11.6 Å². The van der Waals surface area contributed by atoms with Crippen LogP contribution < -0.4 is 5.32 Å². The van der Waals surface area contributed by atoms with Crippen molar-refractivity contribution in [3.8, 4) is 0 Å². The van der Waals surface area contributed by atoms with Crippen LogP contribution in [-0.2, 0) is 4.74 Å². The van der Waals surface area contributed by atoms with Crippen molar-refractivity contribution < 1.29 is 14.3 Å². The second-order valence-electron chi connectivity index (χ2n) is 6.56. The molecule has 4 heteroatoms. The van der Waals surface area contributed by atoms with Gasteiger partial charge in [-0.15, -0.1) is 0 Å².